The number of thiophene rings is 1. The largest absolute Gasteiger partial charge is 0.320 e. The normalized spacial score (nSPS) is 12.7. The zero-order valence-electron chi connectivity index (χ0n) is 8.27. The fourth-order valence-corrected chi connectivity index (χ4v) is 3.08. The van der Waals surface area contributed by atoms with Crippen LogP contribution in [0.15, 0.2) is 34.4 Å². The van der Waals surface area contributed by atoms with Gasteiger partial charge in [-0.1, -0.05) is 6.07 Å². The van der Waals surface area contributed by atoms with Gasteiger partial charge in [0.1, 0.15) is 0 Å². The van der Waals surface area contributed by atoms with Crippen LogP contribution in [0.25, 0.3) is 0 Å². The van der Waals surface area contributed by atoms with E-state index in [9.17, 15) is 0 Å². The van der Waals surface area contributed by atoms with Gasteiger partial charge < -0.3 is 5.73 Å². The van der Waals surface area contributed by atoms with Gasteiger partial charge in [0.05, 0.1) is 6.04 Å². The van der Waals surface area contributed by atoms with Crippen LogP contribution < -0.4 is 5.73 Å². The third-order valence-corrected chi connectivity index (χ3v) is 4.14. The Morgan fingerprint density at radius 2 is 2.27 bits per heavy atom. The van der Waals surface area contributed by atoms with Crippen LogP contribution in [-0.2, 0) is 0 Å². The number of hydrogen-bond acceptors (Lipinski definition) is 3. The maximum Gasteiger partial charge on any atom is 0.0672 e. The van der Waals surface area contributed by atoms with Gasteiger partial charge in [-0.05, 0) is 45.4 Å². The lowest BCUT2D eigenvalue weighted by molar-refractivity contribution is 0.877. The van der Waals surface area contributed by atoms with Crippen LogP contribution in [0.1, 0.15) is 22.0 Å². The molecule has 2 heterocycles. The van der Waals surface area contributed by atoms with E-state index < -0.39 is 0 Å². The van der Waals surface area contributed by atoms with Crippen LogP contribution >= 0.6 is 27.3 Å². The summed E-state index contributed by atoms with van der Waals surface area (Å²) in [7, 11) is 0. The van der Waals surface area contributed by atoms with Crippen LogP contribution in [0.3, 0.4) is 0 Å². The van der Waals surface area contributed by atoms with Crippen LogP contribution in [0.4, 0.5) is 0 Å². The van der Waals surface area contributed by atoms with Gasteiger partial charge in [0.2, 0.25) is 0 Å². The number of halogens is 1. The van der Waals surface area contributed by atoms with E-state index in [4.69, 9.17) is 5.73 Å². The van der Waals surface area contributed by atoms with E-state index in [-0.39, 0.29) is 6.04 Å². The lowest BCUT2D eigenvalue weighted by Crippen LogP contribution is -2.11. The topological polar surface area (TPSA) is 38.9 Å². The highest BCUT2D eigenvalue weighted by atomic mass is 79.9. The number of nitrogens with zero attached hydrogens (tertiary/aromatic N) is 1. The molecular formula is C11H11BrN2S. The molecule has 78 valence electrons. The molecule has 0 bridgehead atoms. The smallest absolute Gasteiger partial charge is 0.0672 e. The quantitative estimate of drug-likeness (QED) is 0.918. The number of hydrogen-bond donors (Lipinski definition) is 1. The van der Waals surface area contributed by atoms with E-state index >= 15 is 0 Å². The SMILES string of the molecule is Cc1cncc(C(N)c2sccc2Br)c1. The van der Waals surface area contributed by atoms with Crippen LogP contribution in [0.5, 0.6) is 0 Å². The lowest BCUT2D eigenvalue weighted by atomic mass is 10.1. The van der Waals surface area contributed by atoms with E-state index in [2.05, 4.69) is 27.0 Å². The third-order valence-electron chi connectivity index (χ3n) is 2.18. The predicted octanol–water partition coefficient (Wildman–Crippen LogP) is 3.26. The summed E-state index contributed by atoms with van der Waals surface area (Å²) in [6.07, 6.45) is 3.66. The van der Waals surface area contributed by atoms with Crippen LogP contribution in [-0.4, -0.2) is 4.98 Å². The first-order valence-electron chi connectivity index (χ1n) is 4.58. The number of aryl methyl sites for hydroxylation is 1. The van der Waals surface area contributed by atoms with Crippen molar-refractivity contribution < 1.29 is 0 Å². The second kappa shape index (κ2) is 4.43. The molecule has 0 spiro atoms. The predicted molar refractivity (Wildman–Crippen MR) is 67.0 cm³/mol. The molecular weight excluding hydrogens is 272 g/mol. The minimum atomic E-state index is -0.0909. The summed E-state index contributed by atoms with van der Waals surface area (Å²) in [5.41, 5.74) is 8.36. The molecule has 2 N–H and O–H groups in total. The van der Waals surface area contributed by atoms with Crippen molar-refractivity contribution in [2.75, 3.05) is 0 Å². The Morgan fingerprint density at radius 1 is 1.47 bits per heavy atom. The van der Waals surface area contributed by atoms with E-state index in [0.29, 0.717) is 0 Å². The van der Waals surface area contributed by atoms with Crippen molar-refractivity contribution in [1.82, 2.24) is 4.98 Å². The fourth-order valence-electron chi connectivity index (χ4n) is 1.43. The molecule has 2 rings (SSSR count). The molecule has 15 heavy (non-hydrogen) atoms. The minimum absolute atomic E-state index is 0.0909. The van der Waals surface area contributed by atoms with Gasteiger partial charge in [0.25, 0.3) is 0 Å². The number of aromatic nitrogens is 1. The Morgan fingerprint density at radius 3 is 2.87 bits per heavy atom. The van der Waals surface area contributed by atoms with Crippen molar-refractivity contribution in [2.45, 2.75) is 13.0 Å². The highest BCUT2D eigenvalue weighted by Gasteiger charge is 2.13. The van der Waals surface area contributed by atoms with Crippen LogP contribution in [0.2, 0.25) is 0 Å². The summed E-state index contributed by atoms with van der Waals surface area (Å²) in [4.78, 5) is 5.30. The molecule has 2 aromatic rings. The highest BCUT2D eigenvalue weighted by molar-refractivity contribution is 9.10. The zero-order valence-corrected chi connectivity index (χ0v) is 10.7. The Hall–Kier alpha value is -0.710. The first-order chi connectivity index (χ1) is 7.18. The number of rotatable bonds is 2. The van der Waals surface area contributed by atoms with Crippen molar-refractivity contribution in [3.8, 4) is 0 Å². The molecule has 2 aromatic heterocycles. The fraction of sp³-hybridized carbons (Fsp3) is 0.182. The maximum atomic E-state index is 6.17. The van der Waals surface area contributed by atoms with Gasteiger partial charge in [-0.15, -0.1) is 11.3 Å². The van der Waals surface area contributed by atoms with Gasteiger partial charge >= 0.3 is 0 Å². The first-order valence-corrected chi connectivity index (χ1v) is 6.26. The molecule has 0 radical (unpaired) electrons. The molecule has 0 aliphatic carbocycles. The van der Waals surface area contributed by atoms with Gasteiger partial charge in [-0.2, -0.15) is 0 Å². The average molecular weight is 283 g/mol. The summed E-state index contributed by atoms with van der Waals surface area (Å²) in [5.74, 6) is 0. The molecule has 0 saturated carbocycles. The molecule has 0 fully saturated rings. The zero-order chi connectivity index (χ0) is 10.8. The Balaban J connectivity index is 2.36. The van der Waals surface area contributed by atoms with E-state index in [1.54, 1.807) is 11.3 Å². The standard InChI is InChI=1S/C11H11BrN2S/c1-7-4-8(6-14-5-7)10(13)11-9(12)2-3-15-11/h2-6,10H,13H2,1H3. The molecule has 0 aromatic carbocycles. The average Bonchev–Trinajstić information content (AvgIpc) is 2.63. The third kappa shape index (κ3) is 2.27. The molecule has 0 saturated heterocycles. The monoisotopic (exact) mass is 282 g/mol. The van der Waals surface area contributed by atoms with Crippen molar-refractivity contribution >= 4 is 27.3 Å². The second-order valence-corrected chi connectivity index (χ2v) is 5.21. The Kier molecular flexibility index (Phi) is 3.19. The van der Waals surface area contributed by atoms with Crippen molar-refractivity contribution in [3.63, 3.8) is 0 Å². The lowest BCUT2D eigenvalue weighted by Gasteiger charge is -2.10. The van der Waals surface area contributed by atoms with E-state index in [0.717, 1.165) is 20.5 Å². The van der Waals surface area contributed by atoms with Crippen LogP contribution in [0, 0.1) is 6.92 Å². The summed E-state index contributed by atoms with van der Waals surface area (Å²) in [6, 6.07) is 4.00. The first kappa shape index (κ1) is 10.8. The Bertz CT molecular complexity index is 467. The van der Waals surface area contributed by atoms with Crippen molar-refractivity contribution in [2.24, 2.45) is 5.73 Å². The molecule has 1 atom stereocenters. The van der Waals surface area contributed by atoms with Gasteiger partial charge in [0.15, 0.2) is 0 Å². The van der Waals surface area contributed by atoms with Crippen molar-refractivity contribution in [1.29, 1.82) is 0 Å². The highest BCUT2D eigenvalue weighted by Crippen LogP contribution is 2.31. The number of nitrogens with two attached hydrogens (primary N) is 1. The summed E-state index contributed by atoms with van der Waals surface area (Å²) in [6.45, 7) is 2.02. The molecule has 4 heteroatoms. The van der Waals surface area contributed by atoms with E-state index in [1.165, 1.54) is 0 Å². The minimum Gasteiger partial charge on any atom is -0.320 e. The molecule has 0 aliphatic rings. The molecule has 2 nitrogen and oxygen atoms in total. The molecule has 1 unspecified atom stereocenters. The second-order valence-electron chi connectivity index (χ2n) is 3.41. The summed E-state index contributed by atoms with van der Waals surface area (Å²) >= 11 is 5.15. The molecule has 0 aliphatic heterocycles. The Labute approximate surface area is 101 Å². The number of pyridine rings is 1. The molecule has 0 amide bonds. The van der Waals surface area contributed by atoms with Gasteiger partial charge in [-0.25, -0.2) is 0 Å². The van der Waals surface area contributed by atoms with Crippen molar-refractivity contribution in [3.05, 3.63) is 50.4 Å². The van der Waals surface area contributed by atoms with Gasteiger partial charge in [-0.3, -0.25) is 4.98 Å². The van der Waals surface area contributed by atoms with Gasteiger partial charge in [0, 0.05) is 21.7 Å². The van der Waals surface area contributed by atoms with E-state index in [1.807, 2.05) is 30.8 Å². The summed E-state index contributed by atoms with van der Waals surface area (Å²) in [5, 5.41) is 2.03. The maximum absolute atomic E-state index is 6.17. The summed E-state index contributed by atoms with van der Waals surface area (Å²) < 4.78 is 1.07.